The van der Waals surface area contributed by atoms with Gasteiger partial charge in [0.2, 0.25) is 0 Å². The first-order valence-corrected chi connectivity index (χ1v) is 15.9. The minimum Gasteiger partial charge on any atom is -0.305 e. The van der Waals surface area contributed by atoms with Crippen LogP contribution in [0.2, 0.25) is 0 Å². The molecule has 0 aliphatic heterocycles. The molecule has 0 saturated carbocycles. The summed E-state index contributed by atoms with van der Waals surface area (Å²) in [4.78, 5) is 10.2. The highest BCUT2D eigenvalue weighted by Crippen LogP contribution is 2.46. The van der Waals surface area contributed by atoms with Crippen molar-refractivity contribution in [3.8, 4) is 28.1 Å². The van der Waals surface area contributed by atoms with Crippen molar-refractivity contribution in [1.29, 1.82) is 0 Å². The molecule has 3 heterocycles. The van der Waals surface area contributed by atoms with Crippen molar-refractivity contribution in [2.24, 2.45) is 0 Å². The highest BCUT2D eigenvalue weighted by molar-refractivity contribution is 7.26. The lowest BCUT2D eigenvalue weighted by Gasteiger charge is -2.15. The smallest absolute Gasteiger partial charge is 0.159 e. The van der Waals surface area contributed by atoms with Crippen LogP contribution in [-0.2, 0) is 0 Å². The first kappa shape index (κ1) is 27.0. The monoisotopic (exact) mass is 595 g/mol. The molecule has 4 heteroatoms. The summed E-state index contributed by atoms with van der Waals surface area (Å²) in [7, 11) is 0. The van der Waals surface area contributed by atoms with E-state index in [2.05, 4.69) is 120 Å². The topological polar surface area (TPSA) is 30.7 Å². The quantitative estimate of drug-likeness (QED) is 0.179. The molecule has 0 aliphatic carbocycles. The molecule has 3 aromatic heterocycles. The SMILES string of the molecule is C=C/C=C(\C=C/C)c1ncc(-n2c3ccccc3c3ccc4sc5c(-c6ccccc6)cccc5c4c32)c(-c2ccccc2)n1. The maximum atomic E-state index is 5.24. The second kappa shape index (κ2) is 11.2. The van der Waals surface area contributed by atoms with Gasteiger partial charge in [-0.15, -0.1) is 11.3 Å². The highest BCUT2D eigenvalue weighted by Gasteiger charge is 2.22. The Morgan fingerprint density at radius 2 is 1.49 bits per heavy atom. The van der Waals surface area contributed by atoms with Gasteiger partial charge in [0.15, 0.2) is 5.82 Å². The predicted octanol–water partition coefficient (Wildman–Crippen LogP) is 11.4. The third-order valence-electron chi connectivity index (χ3n) is 8.34. The Bertz CT molecular complexity index is 2440. The summed E-state index contributed by atoms with van der Waals surface area (Å²) < 4.78 is 4.93. The van der Waals surface area contributed by atoms with Crippen LogP contribution >= 0.6 is 11.3 Å². The van der Waals surface area contributed by atoms with Gasteiger partial charge in [-0.25, -0.2) is 9.97 Å². The fourth-order valence-electron chi connectivity index (χ4n) is 6.43. The Morgan fingerprint density at radius 3 is 2.27 bits per heavy atom. The fourth-order valence-corrected chi connectivity index (χ4v) is 7.67. The molecule has 0 unspecified atom stereocenters. The zero-order valence-corrected chi connectivity index (χ0v) is 25.6. The van der Waals surface area contributed by atoms with Gasteiger partial charge >= 0.3 is 0 Å². The molecular formula is C41H29N3S. The van der Waals surface area contributed by atoms with Gasteiger partial charge in [0, 0.05) is 42.1 Å². The number of thiophene rings is 1. The third-order valence-corrected chi connectivity index (χ3v) is 9.54. The maximum absolute atomic E-state index is 5.24. The number of fused-ring (bicyclic) bond motifs is 7. The first-order valence-electron chi connectivity index (χ1n) is 15.1. The van der Waals surface area contributed by atoms with E-state index in [4.69, 9.17) is 9.97 Å². The van der Waals surface area contributed by atoms with E-state index in [1.54, 1.807) is 6.08 Å². The summed E-state index contributed by atoms with van der Waals surface area (Å²) >= 11 is 1.86. The van der Waals surface area contributed by atoms with E-state index in [9.17, 15) is 0 Å². The van der Waals surface area contributed by atoms with Gasteiger partial charge in [0.1, 0.15) is 0 Å². The molecule has 0 bridgehead atoms. The summed E-state index contributed by atoms with van der Waals surface area (Å²) in [6, 6.07) is 41.0. The van der Waals surface area contributed by atoms with Crippen LogP contribution in [0.4, 0.5) is 0 Å². The van der Waals surface area contributed by atoms with Crippen molar-refractivity contribution in [3.63, 3.8) is 0 Å². The summed E-state index contributed by atoms with van der Waals surface area (Å²) in [6.07, 6.45) is 9.75. The molecule has 0 aliphatic rings. The average Bonchev–Trinajstić information content (AvgIpc) is 3.64. The van der Waals surface area contributed by atoms with E-state index in [1.807, 2.05) is 48.8 Å². The first-order chi connectivity index (χ1) is 22.3. The van der Waals surface area contributed by atoms with Gasteiger partial charge in [-0.3, -0.25) is 0 Å². The Morgan fingerprint density at radius 1 is 0.756 bits per heavy atom. The molecule has 45 heavy (non-hydrogen) atoms. The van der Waals surface area contributed by atoms with E-state index in [0.717, 1.165) is 28.0 Å². The summed E-state index contributed by atoms with van der Waals surface area (Å²) in [6.45, 7) is 5.92. The van der Waals surface area contributed by atoms with Crippen molar-refractivity contribution in [1.82, 2.24) is 14.5 Å². The Labute approximate surface area is 265 Å². The van der Waals surface area contributed by atoms with Crippen LogP contribution in [0.1, 0.15) is 12.7 Å². The zero-order chi connectivity index (χ0) is 30.3. The molecule has 214 valence electrons. The second-order valence-corrected chi connectivity index (χ2v) is 12.0. The lowest BCUT2D eigenvalue weighted by Crippen LogP contribution is -2.04. The van der Waals surface area contributed by atoms with Crippen LogP contribution < -0.4 is 0 Å². The van der Waals surface area contributed by atoms with E-state index in [1.165, 1.54) is 47.6 Å². The molecule has 0 N–H and O–H groups in total. The molecule has 0 atom stereocenters. The number of benzene rings is 5. The van der Waals surface area contributed by atoms with E-state index < -0.39 is 0 Å². The lowest BCUT2D eigenvalue weighted by atomic mass is 10.0. The molecule has 3 nitrogen and oxygen atoms in total. The average molecular weight is 596 g/mol. The van der Waals surface area contributed by atoms with Crippen molar-refractivity contribution in [3.05, 3.63) is 158 Å². The Balaban J connectivity index is 1.51. The minimum atomic E-state index is 0.662. The van der Waals surface area contributed by atoms with E-state index >= 15 is 0 Å². The number of allylic oxidation sites excluding steroid dienone is 5. The van der Waals surface area contributed by atoms with Crippen LogP contribution in [0, 0.1) is 0 Å². The number of hydrogen-bond acceptors (Lipinski definition) is 3. The second-order valence-electron chi connectivity index (χ2n) is 11.0. The van der Waals surface area contributed by atoms with E-state index in [-0.39, 0.29) is 0 Å². The van der Waals surface area contributed by atoms with Crippen molar-refractivity contribution < 1.29 is 0 Å². The summed E-state index contributed by atoms with van der Waals surface area (Å²) in [5.41, 5.74) is 8.56. The van der Waals surface area contributed by atoms with Crippen molar-refractivity contribution >= 4 is 58.9 Å². The standard InChI is InChI=1S/C41H29N3S/c1-3-14-29(15-4-2)41-42-26-35(38(43-41)28-18-9-6-10-19-28)44-34-23-12-11-20-31(34)32-24-25-36-37(39(32)44)33-22-13-21-30(40(33)45-36)27-16-7-5-8-17-27/h3-26H,1H2,2H3/b15-4-,29-14+. The van der Waals surface area contributed by atoms with Crippen LogP contribution in [0.25, 0.3) is 75.6 Å². The van der Waals surface area contributed by atoms with Crippen LogP contribution in [-0.4, -0.2) is 14.5 Å². The van der Waals surface area contributed by atoms with Gasteiger partial charge in [0.25, 0.3) is 0 Å². The molecule has 0 spiro atoms. The molecule has 0 saturated heterocycles. The zero-order valence-electron chi connectivity index (χ0n) is 24.8. The summed E-state index contributed by atoms with van der Waals surface area (Å²) in [5.74, 6) is 0.662. The Hall–Kier alpha value is -5.58. The van der Waals surface area contributed by atoms with Gasteiger partial charge in [-0.2, -0.15) is 0 Å². The number of para-hydroxylation sites is 1. The van der Waals surface area contributed by atoms with Gasteiger partial charge in [0.05, 0.1) is 28.6 Å². The summed E-state index contributed by atoms with van der Waals surface area (Å²) in [5, 5.41) is 4.93. The van der Waals surface area contributed by atoms with Gasteiger partial charge < -0.3 is 4.57 Å². The molecular weight excluding hydrogens is 567 g/mol. The number of aromatic nitrogens is 3. The minimum absolute atomic E-state index is 0.662. The number of hydrogen-bond donors (Lipinski definition) is 0. The molecule has 0 amide bonds. The van der Waals surface area contributed by atoms with Gasteiger partial charge in [-0.1, -0.05) is 134 Å². The van der Waals surface area contributed by atoms with Crippen molar-refractivity contribution in [2.75, 3.05) is 0 Å². The highest BCUT2D eigenvalue weighted by atomic mass is 32.1. The predicted molar refractivity (Wildman–Crippen MR) is 193 cm³/mol. The molecule has 0 fully saturated rings. The molecule has 8 rings (SSSR count). The van der Waals surface area contributed by atoms with E-state index in [0.29, 0.717) is 5.82 Å². The van der Waals surface area contributed by atoms with Crippen LogP contribution in [0.15, 0.2) is 152 Å². The number of nitrogens with zero attached hydrogens (tertiary/aromatic N) is 3. The van der Waals surface area contributed by atoms with Crippen LogP contribution in [0.5, 0.6) is 0 Å². The lowest BCUT2D eigenvalue weighted by molar-refractivity contribution is 1.06. The van der Waals surface area contributed by atoms with Gasteiger partial charge in [-0.05, 0) is 30.2 Å². The largest absolute Gasteiger partial charge is 0.305 e. The fraction of sp³-hybridized carbons (Fsp3) is 0.0244. The van der Waals surface area contributed by atoms with Crippen molar-refractivity contribution in [2.45, 2.75) is 6.92 Å². The molecule has 8 aromatic rings. The van der Waals surface area contributed by atoms with Crippen LogP contribution in [0.3, 0.4) is 0 Å². The number of rotatable bonds is 6. The Kier molecular flexibility index (Phi) is 6.70. The maximum Gasteiger partial charge on any atom is 0.159 e. The third kappa shape index (κ3) is 4.42. The normalized spacial score (nSPS) is 12.2. The molecule has 5 aromatic carbocycles. The molecule has 0 radical (unpaired) electrons.